The molecule has 54 heavy (non-hydrogen) atoms. The van der Waals surface area contributed by atoms with E-state index in [1.807, 2.05) is 0 Å². The first-order valence-corrected chi connectivity index (χ1v) is 24.3. The van der Waals surface area contributed by atoms with Crippen LogP contribution in [0.15, 0.2) is 0 Å². The Bertz CT molecular complexity index is 699. The molecule has 0 aliphatic carbocycles. The molecule has 0 aliphatic rings. The Morgan fingerprint density at radius 2 is 0.870 bits per heavy atom. The molecular weight excluding hydrogens is 667 g/mol. The van der Waals surface area contributed by atoms with Crippen molar-refractivity contribution in [2.45, 2.75) is 247 Å². The van der Waals surface area contributed by atoms with E-state index in [1.165, 1.54) is 187 Å². The van der Waals surface area contributed by atoms with Crippen molar-refractivity contribution in [3.05, 3.63) is 0 Å². The molecule has 1 atom stereocenters. The van der Waals surface area contributed by atoms with E-state index in [4.69, 9.17) is 9.47 Å². The van der Waals surface area contributed by atoms with Crippen LogP contribution in [-0.2, 0) is 19.1 Å². The van der Waals surface area contributed by atoms with Crippen LogP contribution in [0, 0.1) is 17.8 Å². The quantitative estimate of drug-likeness (QED) is 0.0352. The third-order valence-corrected chi connectivity index (χ3v) is 11.7. The van der Waals surface area contributed by atoms with Crippen molar-refractivity contribution >= 4 is 12.3 Å². The van der Waals surface area contributed by atoms with Crippen LogP contribution in [-0.4, -0.2) is 57.1 Å². The maximum atomic E-state index is 12.1. The third kappa shape index (κ3) is 40.7. The molecule has 0 saturated heterocycles. The predicted octanol–water partition coefficient (Wildman–Crippen LogP) is 15.1. The predicted molar refractivity (Wildman–Crippen MR) is 238 cm³/mol. The summed E-state index contributed by atoms with van der Waals surface area (Å²) in [6.45, 7) is 18.8. The summed E-state index contributed by atoms with van der Waals surface area (Å²) < 4.78 is 10.7. The topological polar surface area (TPSA) is 55.8 Å². The van der Waals surface area contributed by atoms with Gasteiger partial charge in [-0.2, -0.15) is 0 Å². The maximum absolute atomic E-state index is 12.1. The van der Waals surface area contributed by atoms with E-state index in [9.17, 15) is 9.59 Å². The van der Waals surface area contributed by atoms with Gasteiger partial charge in [0.15, 0.2) is 0 Å². The fourth-order valence-electron chi connectivity index (χ4n) is 7.84. The molecule has 0 heterocycles. The summed E-state index contributed by atoms with van der Waals surface area (Å²) in [7, 11) is 1.80. The molecule has 0 bridgehead atoms. The summed E-state index contributed by atoms with van der Waals surface area (Å²) in [5.41, 5.74) is 0. The molecule has 0 N–H and O–H groups in total. The Kier molecular flexibility index (Phi) is 47.4. The number of methoxy groups -OCH3 is 1. The second-order valence-corrected chi connectivity index (χ2v) is 16.7. The summed E-state index contributed by atoms with van der Waals surface area (Å²) in [6.07, 6.45) is 41.2. The van der Waals surface area contributed by atoms with Crippen molar-refractivity contribution in [1.82, 2.24) is 4.90 Å². The summed E-state index contributed by atoms with van der Waals surface area (Å²) in [5.74, 6) is 2.52. The molecule has 5 heteroatoms. The Labute approximate surface area is 340 Å². The number of esters is 1. The lowest BCUT2D eigenvalue weighted by Gasteiger charge is -2.25. The summed E-state index contributed by atoms with van der Waals surface area (Å²) in [4.78, 5) is 25.2. The number of aldehydes is 1. The number of rotatable bonds is 42. The average molecular weight is 766 g/mol. The number of ether oxygens (including phenoxy) is 2. The van der Waals surface area contributed by atoms with Crippen LogP contribution >= 0.6 is 0 Å². The van der Waals surface area contributed by atoms with Crippen molar-refractivity contribution in [3.8, 4) is 0 Å². The zero-order chi connectivity index (χ0) is 40.2. The van der Waals surface area contributed by atoms with E-state index >= 15 is 0 Å². The van der Waals surface area contributed by atoms with E-state index in [2.05, 4.69) is 46.4 Å². The van der Waals surface area contributed by atoms with Gasteiger partial charge in [0.25, 0.3) is 0 Å². The Morgan fingerprint density at radius 1 is 0.481 bits per heavy atom. The van der Waals surface area contributed by atoms with Gasteiger partial charge in [0, 0.05) is 33.1 Å². The van der Waals surface area contributed by atoms with Gasteiger partial charge in [-0.1, -0.05) is 196 Å². The van der Waals surface area contributed by atoms with Gasteiger partial charge in [-0.15, -0.1) is 0 Å². The molecule has 0 aliphatic heterocycles. The molecule has 0 aromatic carbocycles. The summed E-state index contributed by atoms with van der Waals surface area (Å²) in [6, 6.07) is 0. The lowest BCUT2D eigenvalue weighted by molar-refractivity contribution is -0.144. The highest BCUT2D eigenvalue weighted by molar-refractivity contribution is 5.69. The van der Waals surface area contributed by atoms with Crippen LogP contribution in [0.25, 0.3) is 0 Å². The fourth-order valence-corrected chi connectivity index (χ4v) is 7.84. The number of hydrogen-bond donors (Lipinski definition) is 0. The number of hydrogen-bond acceptors (Lipinski definition) is 5. The van der Waals surface area contributed by atoms with Gasteiger partial charge in [-0.25, -0.2) is 0 Å². The third-order valence-electron chi connectivity index (χ3n) is 11.7. The van der Waals surface area contributed by atoms with Crippen molar-refractivity contribution in [2.75, 3.05) is 40.0 Å². The average Bonchev–Trinajstić information content (AvgIpc) is 3.18. The summed E-state index contributed by atoms with van der Waals surface area (Å²) >= 11 is 0. The van der Waals surface area contributed by atoms with Crippen molar-refractivity contribution in [1.29, 1.82) is 0 Å². The molecule has 0 radical (unpaired) electrons. The molecule has 1 unspecified atom stereocenters. The van der Waals surface area contributed by atoms with Crippen LogP contribution in [0.1, 0.15) is 247 Å². The zero-order valence-corrected chi connectivity index (χ0v) is 38.1. The fraction of sp³-hybridized carbons (Fsp3) is 0.959. The van der Waals surface area contributed by atoms with Gasteiger partial charge in [-0.3, -0.25) is 4.79 Å². The Morgan fingerprint density at radius 3 is 1.28 bits per heavy atom. The number of carbonyl (C=O) groups excluding carboxylic acids is 2. The highest BCUT2D eigenvalue weighted by Crippen LogP contribution is 2.23. The second kappa shape index (κ2) is 46.4. The van der Waals surface area contributed by atoms with Crippen molar-refractivity contribution in [2.24, 2.45) is 17.8 Å². The molecule has 0 saturated carbocycles. The second-order valence-electron chi connectivity index (χ2n) is 16.7. The van der Waals surface area contributed by atoms with Gasteiger partial charge < -0.3 is 19.2 Å². The SMILES string of the molecule is CCCCC(CCCC)CCOC.CCCCC(CCCC)CCOC(=O)CCCCCCCCCC(CCCCCCCCCC=O)CN(CC)CC. The standard InChI is InChI=1S/C37H73NO3.C12H26O/c1-5-9-26-35(27-10-6-2)31-33-41-37(40)30-24-20-16-13-15-19-23-29-36(34-38(7-3)8-4)28-22-18-14-11-12-17-21-25-32-39;1-4-6-8-12(9-7-5-2)10-11-13-3/h32,35-36H,5-31,33-34H2,1-4H3;12H,4-11H2,1-3H3. The van der Waals surface area contributed by atoms with Crippen LogP contribution in [0.2, 0.25) is 0 Å². The molecule has 0 fully saturated rings. The lowest BCUT2D eigenvalue weighted by atomic mass is 9.93. The van der Waals surface area contributed by atoms with Crippen LogP contribution in [0.4, 0.5) is 0 Å². The Balaban J connectivity index is 0. The highest BCUT2D eigenvalue weighted by Gasteiger charge is 2.13. The number of nitrogens with zero attached hydrogens (tertiary/aromatic N) is 1. The van der Waals surface area contributed by atoms with Crippen LogP contribution in [0.5, 0.6) is 0 Å². The molecule has 0 aromatic heterocycles. The lowest BCUT2D eigenvalue weighted by Crippen LogP contribution is -2.29. The zero-order valence-electron chi connectivity index (χ0n) is 38.1. The van der Waals surface area contributed by atoms with Crippen LogP contribution < -0.4 is 0 Å². The van der Waals surface area contributed by atoms with Crippen LogP contribution in [0.3, 0.4) is 0 Å². The first-order chi connectivity index (χ1) is 26.4. The minimum Gasteiger partial charge on any atom is -0.466 e. The van der Waals surface area contributed by atoms with Gasteiger partial charge in [-0.05, 0) is 69.4 Å². The van der Waals surface area contributed by atoms with Gasteiger partial charge >= 0.3 is 5.97 Å². The van der Waals surface area contributed by atoms with E-state index in [0.29, 0.717) is 13.0 Å². The molecular formula is C49H99NO4. The normalized spacial score (nSPS) is 12.0. The highest BCUT2D eigenvalue weighted by atomic mass is 16.5. The maximum Gasteiger partial charge on any atom is 0.305 e. The molecule has 324 valence electrons. The minimum absolute atomic E-state index is 0.0172. The van der Waals surface area contributed by atoms with E-state index in [-0.39, 0.29) is 5.97 Å². The number of unbranched alkanes of at least 4 members (excludes halogenated alkanes) is 17. The first kappa shape index (κ1) is 55.2. The number of carbonyl (C=O) groups is 2. The van der Waals surface area contributed by atoms with Crippen molar-refractivity contribution in [3.63, 3.8) is 0 Å². The first-order valence-electron chi connectivity index (χ1n) is 24.3. The largest absolute Gasteiger partial charge is 0.466 e. The van der Waals surface area contributed by atoms with E-state index in [1.54, 1.807) is 7.11 Å². The smallest absolute Gasteiger partial charge is 0.305 e. The molecule has 0 rings (SSSR count). The summed E-state index contributed by atoms with van der Waals surface area (Å²) in [5, 5.41) is 0. The van der Waals surface area contributed by atoms with Gasteiger partial charge in [0.05, 0.1) is 6.61 Å². The van der Waals surface area contributed by atoms with E-state index < -0.39 is 0 Å². The monoisotopic (exact) mass is 766 g/mol. The molecule has 5 nitrogen and oxygen atoms in total. The molecule has 0 amide bonds. The van der Waals surface area contributed by atoms with Gasteiger partial charge in [0.1, 0.15) is 6.29 Å². The molecule has 0 aromatic rings. The van der Waals surface area contributed by atoms with Gasteiger partial charge in [0.2, 0.25) is 0 Å². The molecule has 0 spiro atoms. The minimum atomic E-state index is 0.0172. The Hall–Kier alpha value is -0.940. The van der Waals surface area contributed by atoms with Crippen molar-refractivity contribution < 1.29 is 19.1 Å². The van der Waals surface area contributed by atoms with E-state index in [0.717, 1.165) is 62.8 Å².